The van der Waals surface area contributed by atoms with Gasteiger partial charge < -0.3 is 4.74 Å². The van der Waals surface area contributed by atoms with E-state index in [9.17, 15) is 4.79 Å². The summed E-state index contributed by atoms with van der Waals surface area (Å²) in [4.78, 5) is 16.8. The molecule has 2 aromatic carbocycles. The number of ether oxygens (including phenoxy) is 1. The van der Waals surface area contributed by atoms with Crippen LogP contribution in [0.4, 0.5) is 0 Å². The van der Waals surface area contributed by atoms with Crippen LogP contribution in [0.3, 0.4) is 0 Å². The van der Waals surface area contributed by atoms with Crippen molar-refractivity contribution in [1.82, 2.24) is 9.55 Å². The van der Waals surface area contributed by atoms with Crippen LogP contribution >= 0.6 is 0 Å². The first-order valence-corrected chi connectivity index (χ1v) is 7.84. The SMILES string of the molecule is CCCc1nc(=O)n(Cc2ccc(OC)cc2)c2ccccc12. The highest BCUT2D eigenvalue weighted by atomic mass is 16.5. The number of aryl methyl sites for hydroxylation is 1. The number of fused-ring (bicyclic) bond motifs is 1. The molecular weight excluding hydrogens is 288 g/mol. The van der Waals surface area contributed by atoms with Crippen molar-refractivity contribution in [2.45, 2.75) is 26.3 Å². The maximum absolute atomic E-state index is 12.5. The zero-order valence-corrected chi connectivity index (χ0v) is 13.5. The summed E-state index contributed by atoms with van der Waals surface area (Å²) in [6.07, 6.45) is 1.79. The Bertz CT molecular complexity index is 867. The molecule has 0 aliphatic heterocycles. The Hall–Kier alpha value is -2.62. The number of hydrogen-bond acceptors (Lipinski definition) is 3. The van der Waals surface area contributed by atoms with Crippen molar-refractivity contribution in [2.75, 3.05) is 7.11 Å². The fourth-order valence-corrected chi connectivity index (χ4v) is 2.79. The van der Waals surface area contributed by atoms with E-state index in [0.29, 0.717) is 6.54 Å². The number of methoxy groups -OCH3 is 1. The monoisotopic (exact) mass is 308 g/mol. The fourth-order valence-electron chi connectivity index (χ4n) is 2.79. The average molecular weight is 308 g/mol. The van der Waals surface area contributed by atoms with Crippen LogP contribution in [0.5, 0.6) is 5.75 Å². The third-order valence-electron chi connectivity index (χ3n) is 3.95. The van der Waals surface area contributed by atoms with Gasteiger partial charge >= 0.3 is 5.69 Å². The summed E-state index contributed by atoms with van der Waals surface area (Å²) >= 11 is 0. The molecule has 0 aliphatic rings. The molecule has 1 aromatic heterocycles. The molecular formula is C19H20N2O2. The topological polar surface area (TPSA) is 44.1 Å². The summed E-state index contributed by atoms with van der Waals surface area (Å²) in [6, 6.07) is 15.7. The molecule has 0 amide bonds. The molecule has 0 fully saturated rings. The predicted molar refractivity (Wildman–Crippen MR) is 92.1 cm³/mol. The van der Waals surface area contributed by atoms with Crippen molar-refractivity contribution in [3.8, 4) is 5.75 Å². The van der Waals surface area contributed by atoms with E-state index >= 15 is 0 Å². The van der Waals surface area contributed by atoms with Crippen molar-refractivity contribution in [1.29, 1.82) is 0 Å². The summed E-state index contributed by atoms with van der Waals surface area (Å²) in [5, 5.41) is 1.06. The van der Waals surface area contributed by atoms with Crippen LogP contribution < -0.4 is 10.4 Å². The minimum Gasteiger partial charge on any atom is -0.497 e. The number of nitrogens with zero attached hydrogens (tertiary/aromatic N) is 2. The van der Waals surface area contributed by atoms with E-state index in [0.717, 1.165) is 40.8 Å². The molecule has 0 spiro atoms. The Labute approximate surface area is 135 Å². The third-order valence-corrected chi connectivity index (χ3v) is 3.95. The summed E-state index contributed by atoms with van der Waals surface area (Å²) in [6.45, 7) is 2.60. The highest BCUT2D eigenvalue weighted by molar-refractivity contribution is 5.81. The maximum atomic E-state index is 12.5. The van der Waals surface area contributed by atoms with Crippen molar-refractivity contribution in [3.05, 3.63) is 70.3 Å². The van der Waals surface area contributed by atoms with E-state index in [1.807, 2.05) is 48.5 Å². The number of para-hydroxylation sites is 1. The van der Waals surface area contributed by atoms with Gasteiger partial charge in [-0.05, 0) is 30.2 Å². The Morgan fingerprint density at radius 2 is 1.83 bits per heavy atom. The second kappa shape index (κ2) is 6.65. The van der Waals surface area contributed by atoms with Gasteiger partial charge in [0.25, 0.3) is 0 Å². The average Bonchev–Trinajstić information content (AvgIpc) is 2.59. The lowest BCUT2D eigenvalue weighted by Gasteiger charge is -2.12. The quantitative estimate of drug-likeness (QED) is 0.725. The van der Waals surface area contributed by atoms with Crippen LogP contribution in [0, 0.1) is 0 Å². The van der Waals surface area contributed by atoms with Gasteiger partial charge in [0, 0.05) is 5.39 Å². The van der Waals surface area contributed by atoms with Gasteiger partial charge in [-0.15, -0.1) is 0 Å². The molecule has 0 saturated heterocycles. The minimum absolute atomic E-state index is 0.192. The van der Waals surface area contributed by atoms with Crippen LogP contribution in [0.2, 0.25) is 0 Å². The summed E-state index contributed by atoms with van der Waals surface area (Å²) in [5.41, 5.74) is 2.68. The standard InChI is InChI=1S/C19H20N2O2/c1-3-6-17-16-7-4-5-8-18(16)21(19(22)20-17)13-14-9-11-15(23-2)12-10-14/h4-5,7-12H,3,6,13H2,1-2H3. The Kier molecular flexibility index (Phi) is 4.42. The molecule has 23 heavy (non-hydrogen) atoms. The van der Waals surface area contributed by atoms with Gasteiger partial charge in [-0.25, -0.2) is 4.79 Å². The Balaban J connectivity index is 2.08. The van der Waals surface area contributed by atoms with Crippen LogP contribution in [-0.2, 0) is 13.0 Å². The summed E-state index contributed by atoms with van der Waals surface area (Å²) in [7, 11) is 1.64. The lowest BCUT2D eigenvalue weighted by atomic mass is 10.1. The number of aromatic nitrogens is 2. The van der Waals surface area contributed by atoms with E-state index in [2.05, 4.69) is 11.9 Å². The number of hydrogen-bond donors (Lipinski definition) is 0. The molecule has 0 aliphatic carbocycles. The lowest BCUT2D eigenvalue weighted by Crippen LogP contribution is -2.25. The highest BCUT2D eigenvalue weighted by Crippen LogP contribution is 2.18. The fraction of sp³-hybridized carbons (Fsp3) is 0.263. The molecule has 0 bridgehead atoms. The lowest BCUT2D eigenvalue weighted by molar-refractivity contribution is 0.414. The maximum Gasteiger partial charge on any atom is 0.348 e. The highest BCUT2D eigenvalue weighted by Gasteiger charge is 2.10. The molecule has 118 valence electrons. The van der Waals surface area contributed by atoms with Crippen molar-refractivity contribution < 1.29 is 4.74 Å². The Morgan fingerprint density at radius 3 is 2.52 bits per heavy atom. The molecule has 4 heteroatoms. The largest absolute Gasteiger partial charge is 0.497 e. The molecule has 3 rings (SSSR count). The zero-order chi connectivity index (χ0) is 16.2. The predicted octanol–water partition coefficient (Wildman–Crippen LogP) is 3.41. The molecule has 1 heterocycles. The first-order valence-electron chi connectivity index (χ1n) is 7.84. The van der Waals surface area contributed by atoms with E-state index < -0.39 is 0 Å². The van der Waals surface area contributed by atoms with Crippen LogP contribution in [-0.4, -0.2) is 16.7 Å². The summed E-state index contributed by atoms with van der Waals surface area (Å²) < 4.78 is 6.91. The van der Waals surface area contributed by atoms with Gasteiger partial charge in [-0.1, -0.05) is 43.7 Å². The van der Waals surface area contributed by atoms with Gasteiger partial charge in [-0.3, -0.25) is 4.57 Å². The van der Waals surface area contributed by atoms with E-state index in [1.54, 1.807) is 11.7 Å². The molecule has 0 saturated carbocycles. The van der Waals surface area contributed by atoms with Gasteiger partial charge in [0.05, 0.1) is 24.9 Å². The van der Waals surface area contributed by atoms with Gasteiger partial charge in [0.1, 0.15) is 5.75 Å². The zero-order valence-electron chi connectivity index (χ0n) is 13.5. The first kappa shape index (κ1) is 15.3. The second-order valence-electron chi connectivity index (χ2n) is 5.54. The molecule has 0 N–H and O–H groups in total. The third kappa shape index (κ3) is 3.11. The van der Waals surface area contributed by atoms with Crippen molar-refractivity contribution in [2.24, 2.45) is 0 Å². The van der Waals surface area contributed by atoms with E-state index in [1.165, 1.54) is 0 Å². The van der Waals surface area contributed by atoms with Crippen molar-refractivity contribution in [3.63, 3.8) is 0 Å². The molecule has 0 unspecified atom stereocenters. The molecule has 0 atom stereocenters. The van der Waals surface area contributed by atoms with Gasteiger partial charge in [0.2, 0.25) is 0 Å². The minimum atomic E-state index is -0.192. The molecule has 3 aromatic rings. The van der Waals surface area contributed by atoms with E-state index in [4.69, 9.17) is 4.74 Å². The summed E-state index contributed by atoms with van der Waals surface area (Å²) in [5.74, 6) is 0.808. The number of rotatable bonds is 5. The molecule has 0 radical (unpaired) electrons. The van der Waals surface area contributed by atoms with Crippen LogP contribution in [0.25, 0.3) is 10.9 Å². The van der Waals surface area contributed by atoms with Gasteiger partial charge in [-0.2, -0.15) is 4.98 Å². The van der Waals surface area contributed by atoms with E-state index in [-0.39, 0.29) is 5.69 Å². The van der Waals surface area contributed by atoms with Crippen molar-refractivity contribution >= 4 is 10.9 Å². The van der Waals surface area contributed by atoms with Gasteiger partial charge in [0.15, 0.2) is 0 Å². The Morgan fingerprint density at radius 1 is 1.09 bits per heavy atom. The van der Waals surface area contributed by atoms with Crippen LogP contribution in [0.15, 0.2) is 53.3 Å². The molecule has 4 nitrogen and oxygen atoms in total. The first-order chi connectivity index (χ1) is 11.2. The number of benzene rings is 2. The van der Waals surface area contributed by atoms with Crippen LogP contribution in [0.1, 0.15) is 24.6 Å². The second-order valence-corrected chi connectivity index (χ2v) is 5.54. The smallest absolute Gasteiger partial charge is 0.348 e. The normalized spacial score (nSPS) is 10.9.